The molecule has 0 aliphatic carbocycles. The molecular formula is C17H21ClN2O. The third kappa shape index (κ3) is 4.45. The highest BCUT2D eigenvalue weighted by molar-refractivity contribution is 6.30. The quantitative estimate of drug-likeness (QED) is 0.824. The fourth-order valence-corrected chi connectivity index (χ4v) is 2.47. The second kappa shape index (κ2) is 8.01. The Bertz CT molecular complexity index is 557. The smallest absolute Gasteiger partial charge is 0.217 e. The highest BCUT2D eigenvalue weighted by Gasteiger charge is 2.11. The van der Waals surface area contributed by atoms with Gasteiger partial charge >= 0.3 is 0 Å². The lowest BCUT2D eigenvalue weighted by molar-refractivity contribution is 0.387. The Morgan fingerprint density at radius 2 is 2.00 bits per heavy atom. The summed E-state index contributed by atoms with van der Waals surface area (Å²) < 4.78 is 5.29. The lowest BCUT2D eigenvalue weighted by atomic mass is 10.0. The summed E-state index contributed by atoms with van der Waals surface area (Å²) in [6.45, 7) is 2.92. The predicted molar refractivity (Wildman–Crippen MR) is 86.7 cm³/mol. The summed E-state index contributed by atoms with van der Waals surface area (Å²) in [4.78, 5) is 4.23. The van der Waals surface area contributed by atoms with Crippen molar-refractivity contribution in [3.63, 3.8) is 0 Å². The van der Waals surface area contributed by atoms with Crippen molar-refractivity contribution >= 4 is 11.6 Å². The van der Waals surface area contributed by atoms with E-state index >= 15 is 0 Å². The van der Waals surface area contributed by atoms with Crippen molar-refractivity contribution in [3.8, 4) is 5.88 Å². The first-order valence-corrected chi connectivity index (χ1v) is 7.59. The predicted octanol–water partition coefficient (Wildman–Crippen LogP) is 4.37. The molecule has 2 rings (SSSR count). The molecule has 0 aliphatic rings. The minimum Gasteiger partial charge on any atom is -0.481 e. The number of nitrogens with one attached hydrogen (secondary N) is 1. The molecule has 112 valence electrons. The third-order valence-electron chi connectivity index (χ3n) is 3.43. The van der Waals surface area contributed by atoms with Crippen LogP contribution >= 0.6 is 11.6 Å². The van der Waals surface area contributed by atoms with E-state index in [1.165, 1.54) is 5.56 Å². The highest BCUT2D eigenvalue weighted by Crippen LogP contribution is 2.22. The van der Waals surface area contributed by atoms with Crippen LogP contribution in [-0.4, -0.2) is 12.1 Å². The van der Waals surface area contributed by atoms with Crippen LogP contribution in [0.4, 0.5) is 0 Å². The van der Waals surface area contributed by atoms with E-state index < -0.39 is 0 Å². The maximum atomic E-state index is 5.96. The molecule has 2 aromatic rings. The summed E-state index contributed by atoms with van der Waals surface area (Å²) in [7, 11) is 1.65. The van der Waals surface area contributed by atoms with Crippen molar-refractivity contribution in [3.05, 3.63) is 58.7 Å². The number of halogens is 1. The van der Waals surface area contributed by atoms with Gasteiger partial charge in [0.2, 0.25) is 5.88 Å². The summed E-state index contributed by atoms with van der Waals surface area (Å²) in [5, 5.41) is 4.35. The Hall–Kier alpha value is -1.58. The van der Waals surface area contributed by atoms with Crippen LogP contribution in [0.5, 0.6) is 5.88 Å². The normalized spacial score (nSPS) is 12.1. The minimum absolute atomic E-state index is 0.303. The molecule has 0 fully saturated rings. The summed E-state index contributed by atoms with van der Waals surface area (Å²) in [5.41, 5.74) is 2.32. The number of hydrogen-bond donors (Lipinski definition) is 1. The summed E-state index contributed by atoms with van der Waals surface area (Å²) in [5.74, 6) is 0.677. The number of rotatable bonds is 7. The molecule has 0 radical (unpaired) electrons. The van der Waals surface area contributed by atoms with Crippen molar-refractivity contribution in [2.45, 2.75) is 32.4 Å². The van der Waals surface area contributed by atoms with E-state index in [9.17, 15) is 0 Å². The monoisotopic (exact) mass is 304 g/mol. The average Bonchev–Trinajstić information content (AvgIpc) is 2.52. The molecule has 0 saturated heterocycles. The van der Waals surface area contributed by atoms with Gasteiger partial charge in [-0.2, -0.15) is 0 Å². The van der Waals surface area contributed by atoms with Crippen LogP contribution in [0.1, 0.15) is 36.9 Å². The van der Waals surface area contributed by atoms with Gasteiger partial charge in [0.25, 0.3) is 0 Å². The molecule has 1 heterocycles. The Labute approximate surface area is 131 Å². The molecule has 1 aromatic carbocycles. The maximum Gasteiger partial charge on any atom is 0.217 e. The van der Waals surface area contributed by atoms with Crippen LogP contribution in [0.25, 0.3) is 0 Å². The van der Waals surface area contributed by atoms with E-state index in [1.54, 1.807) is 13.3 Å². The average molecular weight is 305 g/mol. The van der Waals surface area contributed by atoms with Crippen molar-refractivity contribution in [1.29, 1.82) is 0 Å². The number of nitrogens with zero attached hydrogens (tertiary/aromatic N) is 1. The molecule has 0 saturated carbocycles. The lowest BCUT2D eigenvalue weighted by Gasteiger charge is -2.19. The molecule has 0 bridgehead atoms. The Balaban J connectivity index is 2.08. The second-order valence-electron chi connectivity index (χ2n) is 4.95. The molecule has 0 amide bonds. The van der Waals surface area contributed by atoms with E-state index in [-0.39, 0.29) is 0 Å². The summed E-state index contributed by atoms with van der Waals surface area (Å²) in [6.07, 6.45) is 3.93. The Kier molecular flexibility index (Phi) is 6.03. The SMILES string of the molecule is CCCC(NCc1cccnc1OC)c1ccc(Cl)cc1. The summed E-state index contributed by atoms with van der Waals surface area (Å²) >= 11 is 5.96. The van der Waals surface area contributed by atoms with Gasteiger partial charge in [0.1, 0.15) is 0 Å². The highest BCUT2D eigenvalue weighted by atomic mass is 35.5. The number of aromatic nitrogens is 1. The van der Waals surface area contributed by atoms with Crippen molar-refractivity contribution in [1.82, 2.24) is 10.3 Å². The number of ether oxygens (including phenoxy) is 1. The molecule has 3 nitrogen and oxygen atoms in total. The fourth-order valence-electron chi connectivity index (χ4n) is 2.35. The van der Waals surface area contributed by atoms with Gasteiger partial charge in [-0.05, 0) is 30.2 Å². The minimum atomic E-state index is 0.303. The molecule has 1 unspecified atom stereocenters. The van der Waals surface area contributed by atoms with Gasteiger partial charge in [0.15, 0.2) is 0 Å². The zero-order valence-corrected chi connectivity index (χ0v) is 13.2. The summed E-state index contributed by atoms with van der Waals surface area (Å²) in [6, 6.07) is 12.3. The van der Waals surface area contributed by atoms with Gasteiger partial charge < -0.3 is 10.1 Å². The molecule has 4 heteroatoms. The number of benzene rings is 1. The van der Waals surface area contributed by atoms with Crippen LogP contribution in [0.3, 0.4) is 0 Å². The fraction of sp³-hybridized carbons (Fsp3) is 0.353. The van der Waals surface area contributed by atoms with Crippen LogP contribution < -0.4 is 10.1 Å². The van der Waals surface area contributed by atoms with Gasteiger partial charge in [-0.25, -0.2) is 4.98 Å². The Morgan fingerprint density at radius 3 is 2.67 bits per heavy atom. The number of hydrogen-bond acceptors (Lipinski definition) is 3. The zero-order chi connectivity index (χ0) is 15.1. The van der Waals surface area contributed by atoms with Gasteiger partial charge in [-0.3, -0.25) is 0 Å². The van der Waals surface area contributed by atoms with Crippen LogP contribution in [0, 0.1) is 0 Å². The molecule has 1 N–H and O–H groups in total. The second-order valence-corrected chi connectivity index (χ2v) is 5.38. The molecule has 1 atom stereocenters. The molecule has 1 aromatic heterocycles. The number of methoxy groups -OCH3 is 1. The van der Waals surface area contributed by atoms with Gasteiger partial charge in [-0.15, -0.1) is 0 Å². The van der Waals surface area contributed by atoms with Crippen molar-refractivity contribution in [2.24, 2.45) is 0 Å². The first-order valence-electron chi connectivity index (χ1n) is 7.21. The zero-order valence-electron chi connectivity index (χ0n) is 12.5. The van der Waals surface area contributed by atoms with E-state index in [0.717, 1.165) is 30.0 Å². The van der Waals surface area contributed by atoms with E-state index in [0.29, 0.717) is 11.9 Å². The molecule has 21 heavy (non-hydrogen) atoms. The Morgan fingerprint density at radius 1 is 1.24 bits per heavy atom. The van der Waals surface area contributed by atoms with Crippen LogP contribution in [0.2, 0.25) is 5.02 Å². The third-order valence-corrected chi connectivity index (χ3v) is 3.68. The molecular weight excluding hydrogens is 284 g/mol. The van der Waals surface area contributed by atoms with E-state index in [4.69, 9.17) is 16.3 Å². The standard InChI is InChI=1S/C17H21ClN2O/c1-3-5-16(13-7-9-15(18)10-8-13)20-12-14-6-4-11-19-17(14)21-2/h4,6-11,16,20H,3,5,12H2,1-2H3. The van der Waals surface area contributed by atoms with Crippen molar-refractivity contribution < 1.29 is 4.74 Å². The van der Waals surface area contributed by atoms with Crippen LogP contribution in [0.15, 0.2) is 42.6 Å². The van der Waals surface area contributed by atoms with E-state index in [2.05, 4.69) is 29.4 Å². The van der Waals surface area contributed by atoms with Gasteiger partial charge in [0.05, 0.1) is 7.11 Å². The van der Waals surface area contributed by atoms with E-state index in [1.807, 2.05) is 24.3 Å². The molecule has 0 spiro atoms. The maximum absolute atomic E-state index is 5.96. The number of pyridine rings is 1. The van der Waals surface area contributed by atoms with Gasteiger partial charge in [-0.1, -0.05) is 43.1 Å². The van der Waals surface area contributed by atoms with Crippen molar-refractivity contribution in [2.75, 3.05) is 7.11 Å². The first kappa shape index (κ1) is 15.8. The van der Waals surface area contributed by atoms with Gasteiger partial charge in [0, 0.05) is 29.4 Å². The lowest BCUT2D eigenvalue weighted by Crippen LogP contribution is -2.21. The largest absolute Gasteiger partial charge is 0.481 e. The molecule has 0 aliphatic heterocycles. The first-order chi connectivity index (χ1) is 10.2. The topological polar surface area (TPSA) is 34.2 Å². The van der Waals surface area contributed by atoms with Crippen LogP contribution in [-0.2, 0) is 6.54 Å².